The lowest BCUT2D eigenvalue weighted by atomic mass is 10.1. The van der Waals surface area contributed by atoms with Gasteiger partial charge < -0.3 is 15.9 Å². The predicted octanol–water partition coefficient (Wildman–Crippen LogP) is -0.347. The van der Waals surface area contributed by atoms with E-state index >= 15 is 0 Å². The van der Waals surface area contributed by atoms with Gasteiger partial charge in [-0.1, -0.05) is 0 Å². The number of hydrogen-bond donors (Lipinski definition) is 3. The van der Waals surface area contributed by atoms with Gasteiger partial charge in [0.1, 0.15) is 0 Å². The fourth-order valence-electron chi connectivity index (χ4n) is 0.635. The summed E-state index contributed by atoms with van der Waals surface area (Å²) in [5, 5.41) is 16.4. The molecule has 0 unspecified atom stereocenters. The Morgan fingerprint density at radius 1 is 1.27 bits per heavy atom. The Morgan fingerprint density at radius 3 is 2.18 bits per heavy atom. The van der Waals surface area contributed by atoms with Crippen molar-refractivity contribution >= 4 is 11.9 Å². The molecule has 0 aromatic rings. The van der Waals surface area contributed by atoms with Crippen LogP contribution in [0.15, 0.2) is 0 Å². The normalized spacial score (nSPS) is 12.5. The first-order valence-electron chi connectivity index (χ1n) is 3.21. The third kappa shape index (κ3) is 6.79. The van der Waals surface area contributed by atoms with Gasteiger partial charge in [-0.3, -0.25) is 9.59 Å². The molecule has 0 aliphatic carbocycles. The second kappa shape index (κ2) is 4.68. The third-order valence-electron chi connectivity index (χ3n) is 1.17. The maximum absolute atomic E-state index is 10.0. The van der Waals surface area contributed by atoms with E-state index in [1.165, 1.54) is 0 Å². The zero-order valence-corrected chi connectivity index (χ0v) is 5.99. The minimum atomic E-state index is -0.997. The smallest absolute Gasteiger partial charge is 0.304 e. The number of carbonyl (C=O) groups is 2. The minimum absolute atomic E-state index is 0.0750. The summed E-state index contributed by atoms with van der Waals surface area (Å²) in [7, 11) is 0. The van der Waals surface area contributed by atoms with E-state index in [0.717, 1.165) is 0 Å². The molecular weight excluding hydrogens is 150 g/mol. The lowest BCUT2D eigenvalue weighted by Crippen LogP contribution is -2.24. The van der Waals surface area contributed by atoms with Crippen molar-refractivity contribution in [1.82, 2.24) is 0 Å². The van der Waals surface area contributed by atoms with Crippen LogP contribution in [0.1, 0.15) is 19.3 Å². The summed E-state index contributed by atoms with van der Waals surface area (Å²) in [6, 6.07) is -0.552. The van der Waals surface area contributed by atoms with Crippen molar-refractivity contribution in [3.63, 3.8) is 0 Å². The topological polar surface area (TPSA) is 101 Å². The quantitative estimate of drug-likeness (QED) is 0.511. The first-order valence-corrected chi connectivity index (χ1v) is 3.21. The number of nitrogens with two attached hydrogens (primary N) is 1. The lowest BCUT2D eigenvalue weighted by Gasteiger charge is -2.04. The number of hydrogen-bond acceptors (Lipinski definition) is 3. The fraction of sp³-hybridized carbons (Fsp3) is 0.667. The van der Waals surface area contributed by atoms with E-state index < -0.39 is 18.0 Å². The van der Waals surface area contributed by atoms with Gasteiger partial charge in [0, 0.05) is 12.5 Å². The summed E-state index contributed by atoms with van der Waals surface area (Å²) in [5.74, 6) is -1.95. The van der Waals surface area contributed by atoms with Crippen LogP contribution in [0.4, 0.5) is 0 Å². The van der Waals surface area contributed by atoms with Crippen LogP contribution in [0, 0.1) is 0 Å². The Morgan fingerprint density at radius 2 is 1.82 bits per heavy atom. The van der Waals surface area contributed by atoms with E-state index in [-0.39, 0.29) is 19.3 Å². The van der Waals surface area contributed by atoms with Crippen molar-refractivity contribution in [3.05, 3.63) is 0 Å². The van der Waals surface area contributed by atoms with Crippen molar-refractivity contribution in [3.8, 4) is 0 Å². The maximum Gasteiger partial charge on any atom is 0.304 e. The van der Waals surface area contributed by atoms with Crippen molar-refractivity contribution in [2.75, 3.05) is 0 Å². The molecule has 11 heavy (non-hydrogen) atoms. The average molecular weight is 161 g/mol. The second-order valence-corrected chi connectivity index (χ2v) is 2.29. The highest BCUT2D eigenvalue weighted by molar-refractivity contribution is 5.68. The van der Waals surface area contributed by atoms with Gasteiger partial charge in [-0.05, 0) is 6.42 Å². The molecule has 0 radical (unpaired) electrons. The lowest BCUT2D eigenvalue weighted by molar-refractivity contribution is -0.139. The van der Waals surface area contributed by atoms with Gasteiger partial charge in [0.05, 0.1) is 6.42 Å². The molecule has 5 nitrogen and oxygen atoms in total. The van der Waals surface area contributed by atoms with Crippen LogP contribution in [0.2, 0.25) is 0 Å². The molecule has 0 spiro atoms. The average Bonchev–Trinajstić information content (AvgIpc) is 1.82. The summed E-state index contributed by atoms with van der Waals surface area (Å²) >= 11 is 0. The Bertz CT molecular complexity index is 157. The second-order valence-electron chi connectivity index (χ2n) is 2.29. The van der Waals surface area contributed by atoms with Crippen molar-refractivity contribution in [2.45, 2.75) is 25.3 Å². The number of carboxylic acid groups (broad SMARTS) is 2. The number of aliphatic carboxylic acids is 2. The van der Waals surface area contributed by atoms with E-state index in [1.807, 2.05) is 0 Å². The number of rotatable bonds is 5. The predicted molar refractivity (Wildman–Crippen MR) is 37.1 cm³/mol. The first-order chi connectivity index (χ1) is 5.02. The summed E-state index contributed by atoms with van der Waals surface area (Å²) in [4.78, 5) is 20.0. The summed E-state index contributed by atoms with van der Waals surface area (Å²) in [5.41, 5.74) is 5.28. The summed E-state index contributed by atoms with van der Waals surface area (Å²) < 4.78 is 0. The SMILES string of the molecule is N[C@H](CCC(=O)O)CC(=O)O. The van der Waals surface area contributed by atoms with Crippen LogP contribution < -0.4 is 5.73 Å². The fourth-order valence-corrected chi connectivity index (χ4v) is 0.635. The highest BCUT2D eigenvalue weighted by Crippen LogP contribution is 1.98. The van der Waals surface area contributed by atoms with Crippen LogP contribution in [0.3, 0.4) is 0 Å². The standard InChI is InChI=1S/C6H11NO4/c7-4(3-6(10)11)1-2-5(8)9/h4H,1-3,7H2,(H,8,9)(H,10,11)/t4-/m1/s1. The third-order valence-corrected chi connectivity index (χ3v) is 1.17. The van der Waals surface area contributed by atoms with Crippen LogP contribution in [-0.2, 0) is 9.59 Å². The van der Waals surface area contributed by atoms with Crippen LogP contribution in [0.25, 0.3) is 0 Å². The molecule has 4 N–H and O–H groups in total. The Kier molecular flexibility index (Phi) is 4.21. The van der Waals surface area contributed by atoms with Gasteiger partial charge in [-0.25, -0.2) is 0 Å². The Balaban J connectivity index is 3.44. The van der Waals surface area contributed by atoms with E-state index in [4.69, 9.17) is 15.9 Å². The monoisotopic (exact) mass is 161 g/mol. The molecule has 0 fully saturated rings. The molecule has 0 amide bonds. The number of carboxylic acids is 2. The summed E-state index contributed by atoms with van der Waals surface area (Å²) in [6.45, 7) is 0. The molecule has 0 heterocycles. The Labute approximate surface area is 63.8 Å². The molecule has 0 aliphatic heterocycles. The van der Waals surface area contributed by atoms with Gasteiger partial charge in [0.2, 0.25) is 0 Å². The van der Waals surface area contributed by atoms with E-state index in [9.17, 15) is 9.59 Å². The molecule has 0 bridgehead atoms. The molecule has 5 heteroatoms. The maximum atomic E-state index is 10.0. The van der Waals surface area contributed by atoms with Gasteiger partial charge in [-0.15, -0.1) is 0 Å². The molecule has 0 aromatic carbocycles. The minimum Gasteiger partial charge on any atom is -0.481 e. The molecule has 1 atom stereocenters. The van der Waals surface area contributed by atoms with E-state index in [2.05, 4.69) is 0 Å². The van der Waals surface area contributed by atoms with Gasteiger partial charge in [0.15, 0.2) is 0 Å². The first kappa shape index (κ1) is 9.90. The van der Waals surface area contributed by atoms with Crippen molar-refractivity contribution in [2.24, 2.45) is 5.73 Å². The highest BCUT2D eigenvalue weighted by Gasteiger charge is 2.09. The van der Waals surface area contributed by atoms with Crippen molar-refractivity contribution < 1.29 is 19.8 Å². The highest BCUT2D eigenvalue weighted by atomic mass is 16.4. The van der Waals surface area contributed by atoms with Crippen LogP contribution in [-0.4, -0.2) is 28.2 Å². The van der Waals surface area contributed by atoms with Gasteiger partial charge in [0.25, 0.3) is 0 Å². The molecular formula is C6H11NO4. The van der Waals surface area contributed by atoms with Crippen LogP contribution in [0.5, 0.6) is 0 Å². The zero-order chi connectivity index (χ0) is 8.85. The van der Waals surface area contributed by atoms with Gasteiger partial charge >= 0.3 is 11.9 Å². The van der Waals surface area contributed by atoms with Gasteiger partial charge in [-0.2, -0.15) is 0 Å². The van der Waals surface area contributed by atoms with Crippen molar-refractivity contribution in [1.29, 1.82) is 0 Å². The van der Waals surface area contributed by atoms with E-state index in [0.29, 0.717) is 0 Å². The summed E-state index contributed by atoms with van der Waals surface area (Å²) in [6.07, 6.45) is -0.0383. The van der Waals surface area contributed by atoms with Crippen LogP contribution >= 0.6 is 0 Å². The molecule has 0 rings (SSSR count). The molecule has 0 saturated carbocycles. The molecule has 0 aromatic heterocycles. The largest absolute Gasteiger partial charge is 0.481 e. The molecule has 0 saturated heterocycles. The van der Waals surface area contributed by atoms with E-state index in [1.54, 1.807) is 0 Å². The molecule has 64 valence electrons. The molecule has 0 aliphatic rings. The zero-order valence-electron chi connectivity index (χ0n) is 5.99. The Hall–Kier alpha value is -1.10.